The van der Waals surface area contributed by atoms with E-state index in [4.69, 9.17) is 0 Å². The van der Waals surface area contributed by atoms with Crippen molar-refractivity contribution < 1.29 is 0 Å². The van der Waals surface area contributed by atoms with Crippen LogP contribution in [0.3, 0.4) is 0 Å². The lowest BCUT2D eigenvalue weighted by Gasteiger charge is -2.19. The van der Waals surface area contributed by atoms with Gasteiger partial charge in [-0.2, -0.15) is 0 Å². The molecule has 2 rings (SSSR count). The zero-order chi connectivity index (χ0) is 15.9. The molecule has 0 aromatic heterocycles. The molecule has 1 N–H and O–H groups in total. The Morgan fingerprint density at radius 2 is 1.41 bits per heavy atom. The van der Waals surface area contributed by atoms with Crippen molar-refractivity contribution in [2.24, 2.45) is 0 Å². The molecule has 0 heterocycles. The highest BCUT2D eigenvalue weighted by atomic mass is 14.8. The first-order valence-corrected chi connectivity index (χ1v) is 8.18. The third-order valence-corrected chi connectivity index (χ3v) is 3.91. The van der Waals surface area contributed by atoms with Crippen molar-refractivity contribution in [3.8, 4) is 0 Å². The second-order valence-corrected chi connectivity index (χ2v) is 6.36. The van der Waals surface area contributed by atoms with Crippen LogP contribution in [0.4, 0.5) is 5.69 Å². The van der Waals surface area contributed by atoms with Crippen LogP contribution in [0, 0.1) is 0 Å². The van der Waals surface area contributed by atoms with E-state index in [2.05, 4.69) is 93.8 Å². The fraction of sp³-hybridized carbons (Fsp3) is 0.333. The van der Waals surface area contributed by atoms with Gasteiger partial charge in [0, 0.05) is 5.69 Å². The van der Waals surface area contributed by atoms with E-state index in [1.807, 2.05) is 0 Å². The SMILES string of the molecule is CC(C)c1cccc(C(C)C)c1N/C=C\Cc1ccccc1. The number of para-hydroxylation sites is 1. The lowest BCUT2D eigenvalue weighted by molar-refractivity contribution is 0.838. The third kappa shape index (κ3) is 4.24. The van der Waals surface area contributed by atoms with Gasteiger partial charge in [0.05, 0.1) is 0 Å². The van der Waals surface area contributed by atoms with Gasteiger partial charge < -0.3 is 5.32 Å². The number of rotatable bonds is 6. The van der Waals surface area contributed by atoms with Crippen LogP contribution in [-0.2, 0) is 6.42 Å². The van der Waals surface area contributed by atoms with Crippen LogP contribution in [-0.4, -0.2) is 0 Å². The van der Waals surface area contributed by atoms with Crippen molar-refractivity contribution in [1.29, 1.82) is 0 Å². The molecule has 22 heavy (non-hydrogen) atoms. The number of anilines is 1. The monoisotopic (exact) mass is 293 g/mol. The minimum Gasteiger partial charge on any atom is -0.362 e. The maximum absolute atomic E-state index is 3.53. The Kier molecular flexibility index (Phi) is 5.83. The summed E-state index contributed by atoms with van der Waals surface area (Å²) in [6.07, 6.45) is 5.23. The molecule has 2 aromatic carbocycles. The lowest BCUT2D eigenvalue weighted by atomic mass is 9.93. The fourth-order valence-electron chi connectivity index (χ4n) is 2.67. The van der Waals surface area contributed by atoms with Crippen molar-refractivity contribution >= 4 is 5.69 Å². The van der Waals surface area contributed by atoms with Crippen LogP contribution >= 0.6 is 0 Å². The molecule has 0 atom stereocenters. The number of hydrogen-bond donors (Lipinski definition) is 1. The van der Waals surface area contributed by atoms with E-state index in [1.165, 1.54) is 22.4 Å². The van der Waals surface area contributed by atoms with Gasteiger partial charge in [0.15, 0.2) is 0 Å². The van der Waals surface area contributed by atoms with Gasteiger partial charge in [-0.3, -0.25) is 0 Å². The maximum Gasteiger partial charge on any atom is 0.0450 e. The van der Waals surface area contributed by atoms with E-state index in [0.717, 1.165) is 6.42 Å². The minimum atomic E-state index is 0.517. The molecule has 116 valence electrons. The van der Waals surface area contributed by atoms with E-state index >= 15 is 0 Å². The molecular formula is C21H27N. The summed E-state index contributed by atoms with van der Waals surface area (Å²) < 4.78 is 0. The molecule has 1 nitrogen and oxygen atoms in total. The number of benzene rings is 2. The third-order valence-electron chi connectivity index (χ3n) is 3.91. The lowest BCUT2D eigenvalue weighted by Crippen LogP contribution is -2.03. The summed E-state index contributed by atoms with van der Waals surface area (Å²) in [7, 11) is 0. The smallest absolute Gasteiger partial charge is 0.0450 e. The van der Waals surface area contributed by atoms with Gasteiger partial charge >= 0.3 is 0 Å². The molecular weight excluding hydrogens is 266 g/mol. The Bertz CT molecular complexity index is 583. The Hall–Kier alpha value is -2.02. The van der Waals surface area contributed by atoms with Crippen LogP contribution in [0.1, 0.15) is 56.2 Å². The summed E-state index contributed by atoms with van der Waals surface area (Å²) in [4.78, 5) is 0. The van der Waals surface area contributed by atoms with E-state index < -0.39 is 0 Å². The van der Waals surface area contributed by atoms with Crippen molar-refractivity contribution in [2.45, 2.75) is 46.0 Å². The molecule has 0 spiro atoms. The molecule has 0 aliphatic heterocycles. The number of nitrogens with one attached hydrogen (secondary N) is 1. The Morgan fingerprint density at radius 3 is 1.95 bits per heavy atom. The number of allylic oxidation sites excluding steroid dienone is 1. The van der Waals surface area contributed by atoms with Gasteiger partial charge in [-0.15, -0.1) is 0 Å². The van der Waals surface area contributed by atoms with Gasteiger partial charge in [0.25, 0.3) is 0 Å². The summed E-state index contributed by atoms with van der Waals surface area (Å²) in [5.41, 5.74) is 5.38. The molecule has 0 saturated carbocycles. The first kappa shape index (κ1) is 16.4. The standard InChI is InChI=1S/C21H27N/c1-16(2)19-13-8-14-20(17(3)4)21(19)22-15-9-12-18-10-6-5-7-11-18/h5-11,13-17,22H,12H2,1-4H3/b15-9-. The molecule has 1 heteroatoms. The van der Waals surface area contributed by atoms with Crippen LogP contribution in [0.2, 0.25) is 0 Å². The maximum atomic E-state index is 3.53. The van der Waals surface area contributed by atoms with Crippen molar-refractivity contribution in [3.05, 3.63) is 77.5 Å². The van der Waals surface area contributed by atoms with Gasteiger partial charge in [-0.1, -0.05) is 82.3 Å². The molecule has 0 unspecified atom stereocenters. The molecule has 0 amide bonds. The molecule has 0 saturated heterocycles. The predicted molar refractivity (Wildman–Crippen MR) is 97.5 cm³/mol. The van der Waals surface area contributed by atoms with E-state index in [1.54, 1.807) is 0 Å². The second-order valence-electron chi connectivity index (χ2n) is 6.36. The Labute approximate surface area is 135 Å². The Morgan fingerprint density at radius 1 is 0.818 bits per heavy atom. The summed E-state index contributed by atoms with van der Waals surface area (Å²) in [5, 5.41) is 3.53. The topological polar surface area (TPSA) is 12.0 Å². The first-order chi connectivity index (χ1) is 10.6. The van der Waals surface area contributed by atoms with Crippen LogP contribution in [0.5, 0.6) is 0 Å². The molecule has 0 aliphatic rings. The second kappa shape index (κ2) is 7.84. The zero-order valence-electron chi connectivity index (χ0n) is 14.1. The van der Waals surface area contributed by atoms with E-state index in [9.17, 15) is 0 Å². The van der Waals surface area contributed by atoms with E-state index in [0.29, 0.717) is 11.8 Å². The van der Waals surface area contributed by atoms with Crippen molar-refractivity contribution in [3.63, 3.8) is 0 Å². The Balaban J connectivity index is 2.14. The molecule has 2 aromatic rings. The van der Waals surface area contributed by atoms with Gasteiger partial charge in [-0.05, 0) is 41.1 Å². The largest absolute Gasteiger partial charge is 0.362 e. The first-order valence-electron chi connectivity index (χ1n) is 8.18. The molecule has 0 bridgehead atoms. The minimum absolute atomic E-state index is 0.517. The fourth-order valence-corrected chi connectivity index (χ4v) is 2.67. The van der Waals surface area contributed by atoms with Crippen LogP contribution in [0.15, 0.2) is 60.8 Å². The van der Waals surface area contributed by atoms with Crippen LogP contribution in [0.25, 0.3) is 0 Å². The van der Waals surface area contributed by atoms with Crippen molar-refractivity contribution in [2.75, 3.05) is 5.32 Å². The highest BCUT2D eigenvalue weighted by molar-refractivity contribution is 5.61. The summed E-state index contributed by atoms with van der Waals surface area (Å²) in [5.74, 6) is 1.03. The highest BCUT2D eigenvalue weighted by Crippen LogP contribution is 2.32. The average molecular weight is 293 g/mol. The average Bonchev–Trinajstić information content (AvgIpc) is 2.52. The quantitative estimate of drug-likeness (QED) is 0.678. The summed E-state index contributed by atoms with van der Waals surface area (Å²) in [6.45, 7) is 8.99. The van der Waals surface area contributed by atoms with Crippen LogP contribution < -0.4 is 5.32 Å². The normalized spacial score (nSPS) is 11.5. The van der Waals surface area contributed by atoms with Gasteiger partial charge in [0.1, 0.15) is 0 Å². The summed E-state index contributed by atoms with van der Waals surface area (Å²) >= 11 is 0. The van der Waals surface area contributed by atoms with Gasteiger partial charge in [0.2, 0.25) is 0 Å². The molecule has 0 radical (unpaired) electrons. The van der Waals surface area contributed by atoms with Crippen molar-refractivity contribution in [1.82, 2.24) is 0 Å². The highest BCUT2D eigenvalue weighted by Gasteiger charge is 2.12. The number of hydrogen-bond acceptors (Lipinski definition) is 1. The zero-order valence-corrected chi connectivity index (χ0v) is 14.1. The summed E-state index contributed by atoms with van der Waals surface area (Å²) in [6, 6.07) is 17.2. The molecule has 0 fully saturated rings. The van der Waals surface area contributed by atoms with E-state index in [-0.39, 0.29) is 0 Å². The predicted octanol–water partition coefficient (Wildman–Crippen LogP) is 6.10. The van der Waals surface area contributed by atoms with Gasteiger partial charge in [-0.25, -0.2) is 0 Å². The molecule has 0 aliphatic carbocycles.